The van der Waals surface area contributed by atoms with Crippen molar-refractivity contribution >= 4 is 11.8 Å². The number of nitrogens with zero attached hydrogens (tertiary/aromatic N) is 1. The summed E-state index contributed by atoms with van der Waals surface area (Å²) in [5.41, 5.74) is 6.04. The van der Waals surface area contributed by atoms with Crippen LogP contribution in [-0.2, 0) is 32.2 Å². The zero-order valence-corrected chi connectivity index (χ0v) is 26.5. The molecule has 0 bridgehead atoms. The standard InChI is InChI=1S/C37H47N3O5/c1-4-22-40(3)25-33-23-35(30-15-13-28(26-41)14-16-30)45-37(44-33)31-19-17-29(18-20-31)34-11-8-7-10-32(34)24-39-36(43)12-6-5-9-21-38-27(2)42/h4,7-8,10-11,13-20,33,35,37,41H,1,5-6,9,12,21-26H2,2-3H3,(H,38,42)(H,39,43)/t33-,35+,37+/m0/s1. The molecule has 0 unspecified atom stereocenters. The number of hydrogen-bond donors (Lipinski definition) is 3. The van der Waals surface area contributed by atoms with E-state index < -0.39 is 6.29 Å². The lowest BCUT2D eigenvalue weighted by molar-refractivity contribution is -0.252. The van der Waals surface area contributed by atoms with Gasteiger partial charge in [0.05, 0.1) is 18.8 Å². The van der Waals surface area contributed by atoms with Crippen LogP contribution in [-0.4, -0.2) is 54.6 Å². The van der Waals surface area contributed by atoms with E-state index in [0.29, 0.717) is 19.5 Å². The molecule has 8 heteroatoms. The van der Waals surface area contributed by atoms with E-state index in [1.165, 1.54) is 6.92 Å². The van der Waals surface area contributed by atoms with E-state index in [9.17, 15) is 14.7 Å². The molecule has 3 atom stereocenters. The van der Waals surface area contributed by atoms with Gasteiger partial charge in [-0.15, -0.1) is 6.58 Å². The molecule has 1 fully saturated rings. The van der Waals surface area contributed by atoms with E-state index in [0.717, 1.165) is 72.2 Å². The smallest absolute Gasteiger partial charge is 0.220 e. The van der Waals surface area contributed by atoms with Crippen molar-refractivity contribution in [3.63, 3.8) is 0 Å². The third-order valence-corrected chi connectivity index (χ3v) is 8.01. The average Bonchev–Trinajstić information content (AvgIpc) is 3.05. The van der Waals surface area contributed by atoms with Gasteiger partial charge in [-0.3, -0.25) is 9.59 Å². The largest absolute Gasteiger partial charge is 0.392 e. The summed E-state index contributed by atoms with van der Waals surface area (Å²) in [6.45, 7) is 8.01. The molecule has 0 aliphatic carbocycles. The van der Waals surface area contributed by atoms with Gasteiger partial charge in [-0.25, -0.2) is 0 Å². The van der Waals surface area contributed by atoms with Crippen LogP contribution in [0.4, 0.5) is 0 Å². The number of likely N-dealkylation sites (N-methyl/N-ethyl adjacent to an activating group) is 1. The summed E-state index contributed by atoms with van der Waals surface area (Å²) < 4.78 is 13.0. The summed E-state index contributed by atoms with van der Waals surface area (Å²) in [5.74, 6) is 0.00334. The maximum absolute atomic E-state index is 12.5. The molecule has 3 aromatic carbocycles. The van der Waals surface area contributed by atoms with Crippen LogP contribution in [0.5, 0.6) is 0 Å². The second kappa shape index (κ2) is 17.6. The van der Waals surface area contributed by atoms with Crippen molar-refractivity contribution in [2.24, 2.45) is 0 Å². The van der Waals surface area contributed by atoms with E-state index in [-0.39, 0.29) is 30.6 Å². The zero-order chi connectivity index (χ0) is 32.0. The van der Waals surface area contributed by atoms with Gasteiger partial charge in [0.2, 0.25) is 11.8 Å². The van der Waals surface area contributed by atoms with Crippen LogP contribution in [0.3, 0.4) is 0 Å². The maximum Gasteiger partial charge on any atom is 0.220 e. The monoisotopic (exact) mass is 613 g/mol. The minimum Gasteiger partial charge on any atom is -0.392 e. The summed E-state index contributed by atoms with van der Waals surface area (Å²) in [6.07, 6.45) is 4.95. The maximum atomic E-state index is 12.5. The normalized spacial score (nSPS) is 18.0. The van der Waals surface area contributed by atoms with Gasteiger partial charge in [0, 0.05) is 51.5 Å². The first-order chi connectivity index (χ1) is 21.9. The number of benzene rings is 3. The Kier molecular flexibility index (Phi) is 13.3. The zero-order valence-electron chi connectivity index (χ0n) is 26.5. The summed E-state index contributed by atoms with van der Waals surface area (Å²) in [7, 11) is 2.06. The third kappa shape index (κ3) is 10.6. The van der Waals surface area contributed by atoms with Crippen LogP contribution in [0.2, 0.25) is 0 Å². The third-order valence-electron chi connectivity index (χ3n) is 8.01. The Hall–Kier alpha value is -3.82. The van der Waals surface area contributed by atoms with E-state index in [1.54, 1.807) is 0 Å². The highest BCUT2D eigenvalue weighted by molar-refractivity contribution is 5.76. The molecule has 0 radical (unpaired) electrons. The van der Waals surface area contributed by atoms with Crippen LogP contribution in [0.25, 0.3) is 11.1 Å². The first-order valence-electron chi connectivity index (χ1n) is 15.9. The molecule has 2 amide bonds. The molecule has 4 rings (SSSR count). The number of nitrogens with one attached hydrogen (secondary N) is 2. The van der Waals surface area contributed by atoms with Crippen molar-refractivity contribution in [2.45, 2.75) is 70.7 Å². The summed E-state index contributed by atoms with van der Waals surface area (Å²) in [4.78, 5) is 25.6. The van der Waals surface area contributed by atoms with Crippen molar-refractivity contribution in [1.82, 2.24) is 15.5 Å². The van der Waals surface area contributed by atoms with Crippen LogP contribution in [0.15, 0.2) is 85.5 Å². The molecule has 1 saturated heterocycles. The minimum absolute atomic E-state index is 0.0104. The molecule has 3 aromatic rings. The number of rotatable bonds is 16. The number of amides is 2. The number of aliphatic hydroxyl groups is 1. The predicted octanol–water partition coefficient (Wildman–Crippen LogP) is 5.82. The van der Waals surface area contributed by atoms with Crippen molar-refractivity contribution in [2.75, 3.05) is 26.7 Å². The molecule has 8 nitrogen and oxygen atoms in total. The Bertz CT molecular complexity index is 1380. The van der Waals surface area contributed by atoms with Crippen molar-refractivity contribution in [1.29, 1.82) is 0 Å². The van der Waals surface area contributed by atoms with Gasteiger partial charge >= 0.3 is 0 Å². The number of hydrogen-bond acceptors (Lipinski definition) is 6. The number of carbonyl (C=O) groups excluding carboxylic acids is 2. The van der Waals surface area contributed by atoms with Crippen LogP contribution >= 0.6 is 0 Å². The second-order valence-electron chi connectivity index (χ2n) is 11.7. The Morgan fingerprint density at radius 3 is 2.40 bits per heavy atom. The first-order valence-corrected chi connectivity index (χ1v) is 15.9. The highest BCUT2D eigenvalue weighted by Crippen LogP contribution is 2.38. The molecule has 1 aliphatic heterocycles. The van der Waals surface area contributed by atoms with Gasteiger partial charge in [0.25, 0.3) is 0 Å². The molecule has 1 heterocycles. The average molecular weight is 614 g/mol. The summed E-state index contributed by atoms with van der Waals surface area (Å²) in [6, 6.07) is 24.3. The van der Waals surface area contributed by atoms with Gasteiger partial charge < -0.3 is 30.1 Å². The Morgan fingerprint density at radius 2 is 1.69 bits per heavy atom. The van der Waals surface area contributed by atoms with Gasteiger partial charge in [-0.2, -0.15) is 0 Å². The van der Waals surface area contributed by atoms with Gasteiger partial charge in [0.15, 0.2) is 6.29 Å². The molecule has 0 saturated carbocycles. The number of aliphatic hydroxyl groups excluding tert-OH is 1. The lowest BCUT2D eigenvalue weighted by atomic mass is 9.97. The molecule has 0 spiro atoms. The first kappa shape index (κ1) is 34.1. The lowest BCUT2D eigenvalue weighted by Crippen LogP contribution is -2.37. The fourth-order valence-corrected chi connectivity index (χ4v) is 5.59. The van der Waals surface area contributed by atoms with E-state index in [2.05, 4.69) is 59.5 Å². The van der Waals surface area contributed by atoms with Crippen molar-refractivity contribution in [3.05, 3.63) is 108 Å². The number of ether oxygens (including phenoxy) is 2. The molecular formula is C37H47N3O5. The highest BCUT2D eigenvalue weighted by atomic mass is 16.7. The predicted molar refractivity (Wildman–Crippen MR) is 177 cm³/mol. The van der Waals surface area contributed by atoms with Crippen molar-refractivity contribution < 1.29 is 24.2 Å². The van der Waals surface area contributed by atoms with Gasteiger partial charge in [-0.1, -0.05) is 85.3 Å². The van der Waals surface area contributed by atoms with Crippen LogP contribution in [0, 0.1) is 0 Å². The van der Waals surface area contributed by atoms with Crippen LogP contribution < -0.4 is 10.6 Å². The van der Waals surface area contributed by atoms with Crippen molar-refractivity contribution in [3.8, 4) is 11.1 Å². The highest BCUT2D eigenvalue weighted by Gasteiger charge is 2.32. The van der Waals surface area contributed by atoms with E-state index in [4.69, 9.17) is 9.47 Å². The summed E-state index contributed by atoms with van der Waals surface area (Å²) >= 11 is 0. The quantitative estimate of drug-likeness (QED) is 0.139. The molecule has 1 aliphatic rings. The SMILES string of the molecule is C=CCN(C)C[C@@H]1C[C@H](c2ccc(CO)cc2)O[C@H](c2ccc(-c3ccccc3CNC(=O)CCCCCNC(C)=O)cc2)O1. The fraction of sp³-hybridized carbons (Fsp3) is 0.405. The second-order valence-corrected chi connectivity index (χ2v) is 11.7. The Balaban J connectivity index is 1.40. The van der Waals surface area contributed by atoms with E-state index in [1.807, 2.05) is 48.5 Å². The van der Waals surface area contributed by atoms with Gasteiger partial charge in [0.1, 0.15) is 0 Å². The molecular weight excluding hydrogens is 566 g/mol. The van der Waals surface area contributed by atoms with Crippen LogP contribution in [0.1, 0.15) is 73.7 Å². The summed E-state index contributed by atoms with van der Waals surface area (Å²) in [5, 5.41) is 15.3. The van der Waals surface area contributed by atoms with E-state index >= 15 is 0 Å². The Morgan fingerprint density at radius 1 is 0.956 bits per heavy atom. The fourth-order valence-electron chi connectivity index (χ4n) is 5.59. The number of unbranched alkanes of at least 4 members (excludes halogenated alkanes) is 2. The minimum atomic E-state index is -0.523. The topological polar surface area (TPSA) is 100 Å². The molecule has 3 N–H and O–H groups in total. The molecule has 240 valence electrons. The Labute approximate surface area is 267 Å². The molecule has 45 heavy (non-hydrogen) atoms. The number of carbonyl (C=O) groups is 2. The van der Waals surface area contributed by atoms with Gasteiger partial charge in [-0.05, 0) is 47.7 Å². The molecule has 0 aromatic heterocycles. The lowest BCUT2D eigenvalue weighted by Gasteiger charge is -2.37.